The van der Waals surface area contributed by atoms with E-state index in [-0.39, 0.29) is 11.4 Å². The number of fused-ring (bicyclic) bond motifs is 1. The molecule has 0 bridgehead atoms. The molecule has 7 nitrogen and oxygen atoms in total. The van der Waals surface area contributed by atoms with E-state index in [2.05, 4.69) is 90.6 Å². The number of aliphatic hydroxyl groups excluding tert-OH is 1. The van der Waals surface area contributed by atoms with E-state index in [0.717, 1.165) is 42.2 Å². The lowest BCUT2D eigenvalue weighted by molar-refractivity contribution is 0.0555. The lowest BCUT2D eigenvalue weighted by atomic mass is 9.96. The van der Waals surface area contributed by atoms with Gasteiger partial charge in [0, 0.05) is 26.2 Å². The van der Waals surface area contributed by atoms with E-state index >= 15 is 0 Å². The van der Waals surface area contributed by atoms with E-state index in [1.165, 1.54) is 11.1 Å². The number of H-pyrrole nitrogens is 1. The summed E-state index contributed by atoms with van der Waals surface area (Å²) in [5.74, 6) is 0. The Hall–Kier alpha value is -2.78. The van der Waals surface area contributed by atoms with Gasteiger partial charge in [-0.25, -0.2) is 9.97 Å². The van der Waals surface area contributed by atoms with Crippen molar-refractivity contribution in [3.05, 3.63) is 84.3 Å². The Kier molecular flexibility index (Phi) is 6.68. The molecule has 2 atom stereocenters. The van der Waals surface area contributed by atoms with Gasteiger partial charge in [-0.3, -0.25) is 14.9 Å². The molecule has 0 radical (unpaired) electrons. The summed E-state index contributed by atoms with van der Waals surface area (Å²) in [7, 11) is 0. The van der Waals surface area contributed by atoms with Crippen LogP contribution in [0.3, 0.4) is 0 Å². The van der Waals surface area contributed by atoms with Gasteiger partial charge < -0.3 is 5.11 Å². The van der Waals surface area contributed by atoms with Gasteiger partial charge in [-0.1, -0.05) is 72.4 Å². The third-order valence-electron chi connectivity index (χ3n) is 6.16. The SMILES string of the molecule is CC(O)C(Sc1ncnc2[nH]ncc12)N1CCN(C(c2ccccc2)c2ccccc2)CC1. The number of thioether (sulfide) groups is 1. The average molecular weight is 461 g/mol. The Labute approximate surface area is 197 Å². The zero-order valence-corrected chi connectivity index (χ0v) is 19.4. The van der Waals surface area contributed by atoms with Gasteiger partial charge in [-0.2, -0.15) is 5.10 Å². The lowest BCUT2D eigenvalue weighted by Crippen LogP contribution is -2.52. The summed E-state index contributed by atoms with van der Waals surface area (Å²) in [6, 6.07) is 21.6. The Bertz CT molecular complexity index is 1120. The maximum Gasteiger partial charge on any atom is 0.159 e. The number of benzene rings is 2. The average Bonchev–Trinajstić information content (AvgIpc) is 3.34. The van der Waals surface area contributed by atoms with Crippen molar-refractivity contribution in [1.29, 1.82) is 0 Å². The highest BCUT2D eigenvalue weighted by Crippen LogP contribution is 2.34. The van der Waals surface area contributed by atoms with Crippen molar-refractivity contribution in [2.45, 2.75) is 29.5 Å². The largest absolute Gasteiger partial charge is 0.391 e. The molecule has 2 aromatic heterocycles. The van der Waals surface area contributed by atoms with Gasteiger partial charge in [0.05, 0.1) is 29.1 Å². The summed E-state index contributed by atoms with van der Waals surface area (Å²) < 4.78 is 0. The molecular weight excluding hydrogens is 432 g/mol. The highest BCUT2D eigenvalue weighted by atomic mass is 32.2. The van der Waals surface area contributed by atoms with Crippen LogP contribution in [0.2, 0.25) is 0 Å². The second-order valence-electron chi connectivity index (χ2n) is 8.36. The molecule has 5 rings (SSSR count). The topological polar surface area (TPSA) is 81.2 Å². The van der Waals surface area contributed by atoms with Crippen LogP contribution in [0.15, 0.2) is 78.2 Å². The second-order valence-corrected chi connectivity index (χ2v) is 9.46. The molecular formula is C25H28N6OS. The number of aromatic amines is 1. The standard InChI is InChI=1S/C25H28N6OS/c1-18(32)25(33-24-21-16-28-29-23(21)26-17-27-24)31-14-12-30(13-15-31)22(19-8-4-2-5-9-19)20-10-6-3-7-11-20/h2-11,16-18,22,25,32H,12-15H2,1H3,(H,26,27,28,29). The fourth-order valence-electron chi connectivity index (χ4n) is 4.56. The Morgan fingerprint density at radius 2 is 1.48 bits per heavy atom. The fourth-order valence-corrected chi connectivity index (χ4v) is 5.73. The number of hydrogen-bond acceptors (Lipinski definition) is 7. The van der Waals surface area contributed by atoms with E-state index < -0.39 is 6.10 Å². The van der Waals surface area contributed by atoms with Gasteiger partial charge >= 0.3 is 0 Å². The summed E-state index contributed by atoms with van der Waals surface area (Å²) in [5.41, 5.74) is 3.33. The van der Waals surface area contributed by atoms with E-state index in [0.29, 0.717) is 0 Å². The smallest absolute Gasteiger partial charge is 0.159 e. The van der Waals surface area contributed by atoms with Crippen molar-refractivity contribution in [3.8, 4) is 0 Å². The first-order valence-corrected chi connectivity index (χ1v) is 12.2. The van der Waals surface area contributed by atoms with Crippen LogP contribution < -0.4 is 0 Å². The van der Waals surface area contributed by atoms with Crippen LogP contribution in [0.4, 0.5) is 0 Å². The minimum Gasteiger partial charge on any atom is -0.391 e. The number of hydrogen-bond donors (Lipinski definition) is 2. The van der Waals surface area contributed by atoms with Crippen molar-refractivity contribution in [2.24, 2.45) is 0 Å². The number of piperazine rings is 1. The van der Waals surface area contributed by atoms with Gasteiger partial charge in [-0.15, -0.1) is 0 Å². The monoisotopic (exact) mass is 460 g/mol. The molecule has 3 heterocycles. The first-order chi connectivity index (χ1) is 16.2. The van der Waals surface area contributed by atoms with Crippen LogP contribution in [0.25, 0.3) is 11.0 Å². The highest BCUT2D eigenvalue weighted by molar-refractivity contribution is 8.00. The zero-order chi connectivity index (χ0) is 22.6. The summed E-state index contributed by atoms with van der Waals surface area (Å²) in [6.07, 6.45) is 2.79. The van der Waals surface area contributed by atoms with Crippen LogP contribution in [0.5, 0.6) is 0 Å². The van der Waals surface area contributed by atoms with Gasteiger partial charge in [0.25, 0.3) is 0 Å². The molecule has 33 heavy (non-hydrogen) atoms. The van der Waals surface area contributed by atoms with E-state index in [1.807, 2.05) is 6.92 Å². The Morgan fingerprint density at radius 3 is 2.09 bits per heavy atom. The first kappa shape index (κ1) is 22.0. The number of aliphatic hydroxyl groups is 1. The quantitative estimate of drug-likeness (QED) is 0.322. The van der Waals surface area contributed by atoms with Gasteiger partial charge in [0.15, 0.2) is 5.65 Å². The summed E-state index contributed by atoms with van der Waals surface area (Å²) >= 11 is 1.59. The molecule has 8 heteroatoms. The maximum atomic E-state index is 10.6. The molecule has 0 amide bonds. The molecule has 2 aromatic carbocycles. The predicted octanol–water partition coefficient (Wildman–Crippen LogP) is 3.56. The van der Waals surface area contributed by atoms with Crippen molar-refractivity contribution >= 4 is 22.8 Å². The molecule has 2 N–H and O–H groups in total. The summed E-state index contributed by atoms with van der Waals surface area (Å²) in [6.45, 7) is 5.44. The van der Waals surface area contributed by atoms with Crippen molar-refractivity contribution in [2.75, 3.05) is 26.2 Å². The van der Waals surface area contributed by atoms with Crippen molar-refractivity contribution in [1.82, 2.24) is 30.0 Å². The number of nitrogens with zero attached hydrogens (tertiary/aromatic N) is 5. The van der Waals surface area contributed by atoms with E-state index in [4.69, 9.17) is 0 Å². The van der Waals surface area contributed by atoms with Crippen LogP contribution in [-0.2, 0) is 0 Å². The molecule has 1 aliphatic heterocycles. The fraction of sp³-hybridized carbons (Fsp3) is 0.320. The number of rotatable bonds is 7. The number of nitrogens with one attached hydrogen (secondary N) is 1. The minimum atomic E-state index is -0.502. The number of aromatic nitrogens is 4. The first-order valence-electron chi connectivity index (χ1n) is 11.3. The van der Waals surface area contributed by atoms with Crippen molar-refractivity contribution < 1.29 is 5.11 Å². The molecule has 0 spiro atoms. The molecule has 0 saturated carbocycles. The molecule has 4 aromatic rings. The molecule has 0 aliphatic carbocycles. The molecule has 1 aliphatic rings. The molecule has 1 fully saturated rings. The minimum absolute atomic E-state index is 0.0907. The summed E-state index contributed by atoms with van der Waals surface area (Å²) in [4.78, 5) is 13.6. The van der Waals surface area contributed by atoms with Crippen molar-refractivity contribution in [3.63, 3.8) is 0 Å². The van der Waals surface area contributed by atoms with Crippen LogP contribution >= 0.6 is 11.8 Å². The highest BCUT2D eigenvalue weighted by Gasteiger charge is 2.32. The molecule has 2 unspecified atom stereocenters. The van der Waals surface area contributed by atoms with Gasteiger partial charge in [0.1, 0.15) is 11.4 Å². The third-order valence-corrected chi connectivity index (χ3v) is 7.64. The van der Waals surface area contributed by atoms with E-state index in [1.54, 1.807) is 24.3 Å². The Morgan fingerprint density at radius 1 is 0.879 bits per heavy atom. The normalized spacial score (nSPS) is 17.4. The van der Waals surface area contributed by atoms with E-state index in [9.17, 15) is 5.11 Å². The predicted molar refractivity (Wildman–Crippen MR) is 131 cm³/mol. The van der Waals surface area contributed by atoms with Crippen LogP contribution in [-0.4, -0.2) is 72.7 Å². The molecule has 1 saturated heterocycles. The summed E-state index contributed by atoms with van der Waals surface area (Å²) in [5, 5.41) is 19.3. The Balaban J connectivity index is 1.33. The zero-order valence-electron chi connectivity index (χ0n) is 18.6. The van der Waals surface area contributed by atoms with Crippen LogP contribution in [0.1, 0.15) is 24.1 Å². The lowest BCUT2D eigenvalue weighted by Gasteiger charge is -2.43. The van der Waals surface area contributed by atoms with Gasteiger partial charge in [0.2, 0.25) is 0 Å². The maximum absolute atomic E-state index is 10.6. The third kappa shape index (κ3) is 4.79. The molecule has 170 valence electrons. The van der Waals surface area contributed by atoms with Crippen LogP contribution in [0, 0.1) is 0 Å². The second kappa shape index (κ2) is 10.0. The van der Waals surface area contributed by atoms with Gasteiger partial charge in [-0.05, 0) is 18.1 Å².